The number of amides is 2. The Bertz CT molecular complexity index is 840. The summed E-state index contributed by atoms with van der Waals surface area (Å²) in [4.78, 5) is 29.4. The summed E-state index contributed by atoms with van der Waals surface area (Å²) >= 11 is 0. The van der Waals surface area contributed by atoms with Gasteiger partial charge in [0, 0.05) is 19.1 Å². The summed E-state index contributed by atoms with van der Waals surface area (Å²) in [6.07, 6.45) is 1.93. The smallest absolute Gasteiger partial charge is 0.416 e. The number of carbonyl (C=O) groups is 2. The van der Waals surface area contributed by atoms with Gasteiger partial charge in [0.25, 0.3) is 0 Å². The molecule has 0 spiro atoms. The van der Waals surface area contributed by atoms with Gasteiger partial charge in [-0.25, -0.2) is 9.69 Å². The highest BCUT2D eigenvalue weighted by atomic mass is 16.6. The first-order chi connectivity index (χ1) is 14.2. The minimum atomic E-state index is -0.495. The Morgan fingerprint density at radius 3 is 2.31 bits per heavy atom. The van der Waals surface area contributed by atoms with Crippen LogP contribution in [0.15, 0.2) is 60.7 Å². The van der Waals surface area contributed by atoms with Crippen LogP contribution in [0.2, 0.25) is 0 Å². The normalized spacial score (nSPS) is 24.7. The highest BCUT2D eigenvalue weighted by Crippen LogP contribution is 2.30. The first kappa shape index (κ1) is 19.6. The van der Waals surface area contributed by atoms with Crippen LogP contribution in [-0.4, -0.2) is 47.0 Å². The van der Waals surface area contributed by atoms with Crippen LogP contribution >= 0.6 is 0 Å². The van der Waals surface area contributed by atoms with E-state index in [4.69, 9.17) is 4.74 Å². The van der Waals surface area contributed by atoms with E-state index in [0.29, 0.717) is 19.0 Å². The number of hydrogen-bond donors (Lipinski definition) is 0. The lowest BCUT2D eigenvalue weighted by Gasteiger charge is -2.24. The van der Waals surface area contributed by atoms with E-state index in [2.05, 4.69) is 24.0 Å². The number of likely N-dealkylation sites (tertiary alicyclic amines) is 1. The fourth-order valence-electron chi connectivity index (χ4n) is 4.56. The Balaban J connectivity index is 1.45. The number of benzene rings is 2. The van der Waals surface area contributed by atoms with Crippen molar-refractivity contribution in [3.8, 4) is 0 Å². The minimum Gasteiger partial charge on any atom is -0.447 e. The van der Waals surface area contributed by atoms with Crippen molar-refractivity contribution >= 4 is 12.0 Å². The Morgan fingerprint density at radius 2 is 1.66 bits per heavy atom. The fraction of sp³-hybridized carbons (Fsp3) is 0.417. The summed E-state index contributed by atoms with van der Waals surface area (Å²) in [7, 11) is 0. The van der Waals surface area contributed by atoms with Gasteiger partial charge in [0.1, 0.15) is 6.61 Å². The molecule has 0 aliphatic carbocycles. The lowest BCUT2D eigenvalue weighted by Crippen LogP contribution is -2.44. The molecule has 2 aliphatic rings. The third-order valence-corrected chi connectivity index (χ3v) is 6.09. The van der Waals surface area contributed by atoms with Gasteiger partial charge in [-0.1, -0.05) is 67.6 Å². The molecule has 2 aromatic carbocycles. The Morgan fingerprint density at radius 1 is 1.00 bits per heavy atom. The molecule has 5 nitrogen and oxygen atoms in total. The van der Waals surface area contributed by atoms with Gasteiger partial charge >= 0.3 is 6.09 Å². The number of ether oxygens (including phenoxy) is 1. The van der Waals surface area contributed by atoms with Gasteiger partial charge in [-0.05, 0) is 30.4 Å². The van der Waals surface area contributed by atoms with E-state index in [1.54, 1.807) is 0 Å². The van der Waals surface area contributed by atoms with Gasteiger partial charge in [-0.3, -0.25) is 9.69 Å². The predicted octanol–water partition coefficient (Wildman–Crippen LogP) is 3.88. The van der Waals surface area contributed by atoms with Crippen molar-refractivity contribution in [2.45, 2.75) is 44.8 Å². The van der Waals surface area contributed by atoms with Crippen LogP contribution in [0, 0.1) is 5.92 Å². The molecule has 2 saturated heterocycles. The van der Waals surface area contributed by atoms with Crippen LogP contribution in [0.25, 0.3) is 0 Å². The zero-order chi connectivity index (χ0) is 20.2. The molecular weight excluding hydrogens is 364 g/mol. The number of carbonyl (C=O) groups excluding carboxylic acids is 2. The maximum Gasteiger partial charge on any atom is 0.416 e. The molecule has 2 fully saturated rings. The molecule has 2 heterocycles. The van der Waals surface area contributed by atoms with Gasteiger partial charge in [0.05, 0.1) is 12.0 Å². The van der Waals surface area contributed by atoms with Crippen molar-refractivity contribution in [2.75, 3.05) is 13.2 Å². The van der Waals surface area contributed by atoms with Gasteiger partial charge in [-0.2, -0.15) is 0 Å². The maximum absolute atomic E-state index is 13.3. The van der Waals surface area contributed by atoms with Crippen LogP contribution in [0.5, 0.6) is 0 Å². The molecule has 2 amide bonds. The van der Waals surface area contributed by atoms with Crippen LogP contribution in [-0.2, 0) is 22.5 Å². The van der Waals surface area contributed by atoms with Gasteiger partial charge < -0.3 is 4.74 Å². The molecule has 5 heteroatoms. The van der Waals surface area contributed by atoms with Gasteiger partial charge in [-0.15, -0.1) is 0 Å². The first-order valence-electron chi connectivity index (χ1n) is 10.5. The van der Waals surface area contributed by atoms with Crippen molar-refractivity contribution < 1.29 is 14.3 Å². The number of nitrogens with zero attached hydrogens (tertiary/aromatic N) is 2. The SMILES string of the molecule is CCC1C[C@H](C(=O)N2C(=O)OC[C@@H]2Cc2ccccc2)CN1Cc1ccccc1. The second-order valence-electron chi connectivity index (χ2n) is 8.04. The van der Waals surface area contributed by atoms with Crippen molar-refractivity contribution in [3.63, 3.8) is 0 Å². The summed E-state index contributed by atoms with van der Waals surface area (Å²) in [6, 6.07) is 20.4. The molecular formula is C24H28N2O3. The van der Waals surface area contributed by atoms with E-state index in [0.717, 1.165) is 24.9 Å². The number of cyclic esters (lactones) is 1. The first-order valence-corrected chi connectivity index (χ1v) is 10.5. The summed E-state index contributed by atoms with van der Waals surface area (Å²) in [5, 5.41) is 0. The highest BCUT2D eigenvalue weighted by Gasteiger charge is 2.44. The average Bonchev–Trinajstić information content (AvgIpc) is 3.32. The lowest BCUT2D eigenvalue weighted by molar-refractivity contribution is -0.133. The minimum absolute atomic E-state index is 0.0811. The largest absolute Gasteiger partial charge is 0.447 e. The molecule has 29 heavy (non-hydrogen) atoms. The second-order valence-corrected chi connectivity index (χ2v) is 8.04. The summed E-state index contributed by atoms with van der Waals surface area (Å²) < 4.78 is 5.26. The third kappa shape index (κ3) is 4.35. The van der Waals surface area contributed by atoms with Crippen LogP contribution in [0.3, 0.4) is 0 Å². The van der Waals surface area contributed by atoms with Crippen LogP contribution in [0.4, 0.5) is 4.79 Å². The zero-order valence-electron chi connectivity index (χ0n) is 16.9. The average molecular weight is 392 g/mol. The highest BCUT2D eigenvalue weighted by molar-refractivity contribution is 5.95. The van der Waals surface area contributed by atoms with Gasteiger partial charge in [0.2, 0.25) is 5.91 Å². The van der Waals surface area contributed by atoms with Crippen molar-refractivity contribution in [2.24, 2.45) is 5.92 Å². The standard InChI is InChI=1S/C24H28N2O3/c1-2-21-14-20(16-25(21)15-19-11-7-4-8-12-19)23(27)26-22(17-29-24(26)28)13-18-9-5-3-6-10-18/h3-12,20-22H,2,13-17H2,1H3/t20-,21?,22-/m0/s1. The van der Waals surface area contributed by atoms with Crippen molar-refractivity contribution in [1.82, 2.24) is 9.80 Å². The van der Waals surface area contributed by atoms with Gasteiger partial charge in [0.15, 0.2) is 0 Å². The number of rotatable bonds is 6. The summed E-state index contributed by atoms with van der Waals surface area (Å²) in [5.41, 5.74) is 2.36. The quantitative estimate of drug-likeness (QED) is 0.749. The Hall–Kier alpha value is -2.66. The van der Waals surface area contributed by atoms with E-state index < -0.39 is 6.09 Å². The molecule has 2 aromatic rings. The maximum atomic E-state index is 13.3. The predicted molar refractivity (Wildman–Crippen MR) is 111 cm³/mol. The molecule has 3 atom stereocenters. The van der Waals surface area contributed by atoms with E-state index in [-0.39, 0.29) is 24.5 Å². The van der Waals surface area contributed by atoms with Crippen molar-refractivity contribution in [1.29, 1.82) is 0 Å². The summed E-state index contributed by atoms with van der Waals surface area (Å²) in [5.74, 6) is -0.241. The monoisotopic (exact) mass is 392 g/mol. The molecule has 2 aliphatic heterocycles. The van der Waals surface area contributed by atoms with E-state index >= 15 is 0 Å². The molecule has 0 saturated carbocycles. The number of imide groups is 1. The molecule has 0 N–H and O–H groups in total. The van der Waals surface area contributed by atoms with E-state index in [9.17, 15) is 9.59 Å². The third-order valence-electron chi connectivity index (χ3n) is 6.09. The second kappa shape index (κ2) is 8.78. The number of hydrogen-bond acceptors (Lipinski definition) is 4. The lowest BCUT2D eigenvalue weighted by atomic mass is 10.0. The zero-order valence-corrected chi connectivity index (χ0v) is 16.9. The van der Waals surface area contributed by atoms with Crippen LogP contribution < -0.4 is 0 Å². The molecule has 1 unspecified atom stereocenters. The molecule has 0 bridgehead atoms. The van der Waals surface area contributed by atoms with E-state index in [1.165, 1.54) is 10.5 Å². The van der Waals surface area contributed by atoms with E-state index in [1.807, 2.05) is 48.5 Å². The molecule has 0 radical (unpaired) electrons. The molecule has 0 aromatic heterocycles. The molecule has 152 valence electrons. The topological polar surface area (TPSA) is 49.9 Å². The molecule has 4 rings (SSSR count). The van der Waals surface area contributed by atoms with Crippen molar-refractivity contribution in [3.05, 3.63) is 71.8 Å². The fourth-order valence-corrected chi connectivity index (χ4v) is 4.56. The summed E-state index contributed by atoms with van der Waals surface area (Å²) in [6.45, 7) is 3.96. The Kier molecular flexibility index (Phi) is 5.95. The van der Waals surface area contributed by atoms with Crippen LogP contribution in [0.1, 0.15) is 30.9 Å². The Labute approximate surface area is 172 Å².